The van der Waals surface area contributed by atoms with Gasteiger partial charge in [0.05, 0.1) is 39.1 Å². The number of ether oxygens (including phenoxy) is 2. The first-order valence-corrected chi connectivity index (χ1v) is 6.12. The third-order valence-electron chi connectivity index (χ3n) is 2.64. The lowest BCUT2D eigenvalue weighted by molar-refractivity contribution is 0.0397. The van der Waals surface area contributed by atoms with Crippen LogP contribution >= 0.6 is 0 Å². The molecule has 0 saturated carbocycles. The highest BCUT2D eigenvalue weighted by Gasteiger charge is 2.07. The Morgan fingerprint density at radius 3 is 2.94 bits per heavy atom. The molecule has 0 bridgehead atoms. The summed E-state index contributed by atoms with van der Waals surface area (Å²) in [6.45, 7) is 5.47. The van der Waals surface area contributed by atoms with Crippen molar-refractivity contribution in [1.29, 1.82) is 0 Å². The van der Waals surface area contributed by atoms with Gasteiger partial charge in [0.25, 0.3) is 0 Å². The minimum atomic E-state index is 0.153. The van der Waals surface area contributed by atoms with Crippen molar-refractivity contribution in [2.45, 2.75) is 6.92 Å². The summed E-state index contributed by atoms with van der Waals surface area (Å²) in [7, 11) is 0. The van der Waals surface area contributed by atoms with Crippen molar-refractivity contribution in [2.75, 3.05) is 32.9 Å². The number of phenolic OH excluding ortho intramolecular Hbond substituents is 1. The molecular formula is C13H18N2O3. The summed E-state index contributed by atoms with van der Waals surface area (Å²) in [6.07, 6.45) is 1.77. The number of rotatable bonds is 4. The van der Waals surface area contributed by atoms with Crippen LogP contribution in [-0.2, 0) is 4.74 Å². The molecule has 18 heavy (non-hydrogen) atoms. The zero-order valence-corrected chi connectivity index (χ0v) is 10.5. The van der Waals surface area contributed by atoms with Gasteiger partial charge in [-0.2, -0.15) is 5.10 Å². The van der Waals surface area contributed by atoms with E-state index in [1.165, 1.54) is 0 Å². The molecular weight excluding hydrogens is 232 g/mol. The van der Waals surface area contributed by atoms with Crippen molar-refractivity contribution in [3.8, 4) is 11.5 Å². The molecule has 0 radical (unpaired) electrons. The van der Waals surface area contributed by atoms with Crippen LogP contribution in [0.3, 0.4) is 0 Å². The molecule has 1 fully saturated rings. The van der Waals surface area contributed by atoms with Gasteiger partial charge in [0, 0.05) is 0 Å². The van der Waals surface area contributed by atoms with E-state index in [1.807, 2.05) is 18.0 Å². The second-order valence-corrected chi connectivity index (χ2v) is 3.97. The Morgan fingerprint density at radius 1 is 1.44 bits per heavy atom. The third kappa shape index (κ3) is 3.37. The molecule has 1 aromatic carbocycles. The van der Waals surface area contributed by atoms with Crippen LogP contribution in [0.2, 0.25) is 0 Å². The number of morpholine rings is 1. The van der Waals surface area contributed by atoms with Gasteiger partial charge in [-0.25, -0.2) is 0 Å². The molecule has 5 heteroatoms. The van der Waals surface area contributed by atoms with E-state index in [-0.39, 0.29) is 5.75 Å². The molecule has 0 amide bonds. The summed E-state index contributed by atoms with van der Waals surface area (Å²) in [5, 5.41) is 15.9. The molecule has 1 saturated heterocycles. The SMILES string of the molecule is CCOc1cc(/C=N/N2CCOCC2)ccc1O. The maximum atomic E-state index is 9.59. The van der Waals surface area contributed by atoms with E-state index in [1.54, 1.807) is 18.3 Å². The first kappa shape index (κ1) is 12.7. The molecule has 1 aliphatic rings. The van der Waals surface area contributed by atoms with Crippen LogP contribution in [0.25, 0.3) is 0 Å². The predicted octanol–water partition coefficient (Wildman–Crippen LogP) is 1.46. The van der Waals surface area contributed by atoms with Gasteiger partial charge in [-0.1, -0.05) is 0 Å². The number of aromatic hydroxyl groups is 1. The van der Waals surface area contributed by atoms with Gasteiger partial charge in [-0.15, -0.1) is 0 Å². The van der Waals surface area contributed by atoms with Gasteiger partial charge < -0.3 is 14.6 Å². The van der Waals surface area contributed by atoms with E-state index >= 15 is 0 Å². The molecule has 1 heterocycles. The lowest BCUT2D eigenvalue weighted by Gasteiger charge is -2.23. The van der Waals surface area contributed by atoms with Crippen molar-refractivity contribution in [3.05, 3.63) is 23.8 Å². The fourth-order valence-electron chi connectivity index (χ4n) is 1.70. The van der Waals surface area contributed by atoms with Gasteiger partial charge in [0.1, 0.15) is 0 Å². The lowest BCUT2D eigenvalue weighted by atomic mass is 10.2. The fraction of sp³-hybridized carbons (Fsp3) is 0.462. The zero-order chi connectivity index (χ0) is 12.8. The van der Waals surface area contributed by atoms with E-state index in [0.717, 1.165) is 31.9 Å². The Hall–Kier alpha value is -1.75. The van der Waals surface area contributed by atoms with Crippen LogP contribution in [0.1, 0.15) is 12.5 Å². The molecule has 0 atom stereocenters. The number of benzene rings is 1. The average Bonchev–Trinajstić information content (AvgIpc) is 2.41. The fourth-order valence-corrected chi connectivity index (χ4v) is 1.70. The zero-order valence-electron chi connectivity index (χ0n) is 10.5. The molecule has 0 aliphatic carbocycles. The van der Waals surface area contributed by atoms with Crippen molar-refractivity contribution < 1.29 is 14.6 Å². The summed E-state index contributed by atoms with van der Waals surface area (Å²) in [4.78, 5) is 0. The number of hydrazone groups is 1. The minimum Gasteiger partial charge on any atom is -0.504 e. The van der Waals surface area contributed by atoms with Crippen LogP contribution in [0.4, 0.5) is 0 Å². The number of nitrogens with zero attached hydrogens (tertiary/aromatic N) is 2. The Morgan fingerprint density at radius 2 is 2.22 bits per heavy atom. The summed E-state index contributed by atoms with van der Waals surface area (Å²) in [5.74, 6) is 0.642. The van der Waals surface area contributed by atoms with Crippen LogP contribution < -0.4 is 4.74 Å². The second-order valence-electron chi connectivity index (χ2n) is 3.97. The summed E-state index contributed by atoms with van der Waals surface area (Å²) >= 11 is 0. The highest BCUT2D eigenvalue weighted by atomic mass is 16.5. The van der Waals surface area contributed by atoms with Crippen LogP contribution in [0.15, 0.2) is 23.3 Å². The molecule has 5 nitrogen and oxygen atoms in total. The Labute approximate surface area is 107 Å². The first-order chi connectivity index (χ1) is 8.79. The number of phenols is 1. The topological polar surface area (TPSA) is 54.3 Å². The number of hydrogen-bond donors (Lipinski definition) is 1. The largest absolute Gasteiger partial charge is 0.504 e. The Kier molecular flexibility index (Phi) is 4.41. The van der Waals surface area contributed by atoms with E-state index in [9.17, 15) is 5.11 Å². The molecule has 0 aromatic heterocycles. The molecule has 1 aromatic rings. The van der Waals surface area contributed by atoms with Crippen LogP contribution in [-0.4, -0.2) is 49.2 Å². The minimum absolute atomic E-state index is 0.153. The van der Waals surface area contributed by atoms with Gasteiger partial charge in [0.15, 0.2) is 11.5 Å². The smallest absolute Gasteiger partial charge is 0.161 e. The van der Waals surface area contributed by atoms with Crippen LogP contribution in [0, 0.1) is 0 Å². The molecule has 1 aliphatic heterocycles. The molecule has 1 N–H and O–H groups in total. The van der Waals surface area contributed by atoms with Crippen molar-refractivity contribution in [3.63, 3.8) is 0 Å². The van der Waals surface area contributed by atoms with E-state index in [2.05, 4.69) is 5.10 Å². The Balaban J connectivity index is 2.03. The third-order valence-corrected chi connectivity index (χ3v) is 2.64. The van der Waals surface area contributed by atoms with E-state index in [4.69, 9.17) is 9.47 Å². The Bertz CT molecular complexity index is 415. The van der Waals surface area contributed by atoms with Gasteiger partial charge in [-0.05, 0) is 30.7 Å². The molecule has 0 unspecified atom stereocenters. The van der Waals surface area contributed by atoms with Gasteiger partial charge >= 0.3 is 0 Å². The van der Waals surface area contributed by atoms with E-state index in [0.29, 0.717) is 12.4 Å². The van der Waals surface area contributed by atoms with Crippen molar-refractivity contribution >= 4 is 6.21 Å². The standard InChI is InChI=1S/C13H18N2O3/c1-2-18-13-9-11(3-4-12(13)16)10-14-15-5-7-17-8-6-15/h3-4,9-10,16H,2,5-8H2,1H3/b14-10+. The molecule has 98 valence electrons. The summed E-state index contributed by atoms with van der Waals surface area (Å²) in [5.41, 5.74) is 0.905. The van der Waals surface area contributed by atoms with Crippen molar-refractivity contribution in [1.82, 2.24) is 5.01 Å². The lowest BCUT2D eigenvalue weighted by Crippen LogP contribution is -2.32. The highest BCUT2D eigenvalue weighted by molar-refractivity contribution is 5.80. The predicted molar refractivity (Wildman–Crippen MR) is 69.3 cm³/mol. The summed E-state index contributed by atoms with van der Waals surface area (Å²) in [6, 6.07) is 5.20. The first-order valence-electron chi connectivity index (χ1n) is 6.12. The maximum absolute atomic E-state index is 9.59. The number of hydrogen-bond acceptors (Lipinski definition) is 5. The second kappa shape index (κ2) is 6.26. The normalized spacial score (nSPS) is 16.2. The average molecular weight is 250 g/mol. The van der Waals surface area contributed by atoms with E-state index < -0.39 is 0 Å². The molecule has 2 rings (SSSR count). The quantitative estimate of drug-likeness (QED) is 0.822. The van der Waals surface area contributed by atoms with Gasteiger partial charge in [0.2, 0.25) is 0 Å². The molecule has 0 spiro atoms. The van der Waals surface area contributed by atoms with Gasteiger partial charge in [-0.3, -0.25) is 5.01 Å². The maximum Gasteiger partial charge on any atom is 0.161 e. The monoisotopic (exact) mass is 250 g/mol. The summed E-state index contributed by atoms with van der Waals surface area (Å²) < 4.78 is 10.6. The van der Waals surface area contributed by atoms with Crippen LogP contribution in [0.5, 0.6) is 11.5 Å². The van der Waals surface area contributed by atoms with Crippen molar-refractivity contribution in [2.24, 2.45) is 5.10 Å². The highest BCUT2D eigenvalue weighted by Crippen LogP contribution is 2.26.